The van der Waals surface area contributed by atoms with Gasteiger partial charge in [-0.25, -0.2) is 0 Å². The zero-order valence-electron chi connectivity index (χ0n) is 12.4. The predicted molar refractivity (Wildman–Crippen MR) is 83.1 cm³/mol. The molecule has 0 atom stereocenters. The highest BCUT2D eigenvalue weighted by Gasteiger charge is 2.03. The SMILES string of the molecule is CCCn1ccc(CNCCc2nnc3ccccn23)c1. The van der Waals surface area contributed by atoms with Gasteiger partial charge < -0.3 is 9.88 Å². The molecule has 0 saturated heterocycles. The van der Waals surface area contributed by atoms with Crippen molar-refractivity contribution in [2.45, 2.75) is 32.9 Å². The first-order valence-electron chi connectivity index (χ1n) is 7.51. The maximum atomic E-state index is 4.24. The van der Waals surface area contributed by atoms with Crippen molar-refractivity contribution in [1.82, 2.24) is 24.5 Å². The number of nitrogens with one attached hydrogen (secondary N) is 1. The van der Waals surface area contributed by atoms with Gasteiger partial charge in [0, 0.05) is 44.6 Å². The Morgan fingerprint density at radius 1 is 1.14 bits per heavy atom. The van der Waals surface area contributed by atoms with Gasteiger partial charge in [0.05, 0.1) is 0 Å². The number of aromatic nitrogens is 4. The molecule has 21 heavy (non-hydrogen) atoms. The minimum absolute atomic E-state index is 0.876. The van der Waals surface area contributed by atoms with Crippen LogP contribution in [0, 0.1) is 0 Å². The Morgan fingerprint density at radius 2 is 2.10 bits per heavy atom. The fourth-order valence-electron chi connectivity index (χ4n) is 2.49. The van der Waals surface area contributed by atoms with Gasteiger partial charge in [-0.1, -0.05) is 13.0 Å². The van der Waals surface area contributed by atoms with Crippen LogP contribution in [0.1, 0.15) is 24.7 Å². The van der Waals surface area contributed by atoms with Crippen molar-refractivity contribution in [3.8, 4) is 0 Å². The van der Waals surface area contributed by atoms with Gasteiger partial charge in [0.1, 0.15) is 5.82 Å². The van der Waals surface area contributed by atoms with Crippen LogP contribution in [-0.4, -0.2) is 25.7 Å². The molecule has 0 amide bonds. The third-order valence-electron chi connectivity index (χ3n) is 3.53. The minimum atomic E-state index is 0.876. The first-order chi connectivity index (χ1) is 10.4. The lowest BCUT2D eigenvalue weighted by molar-refractivity contribution is 0.656. The van der Waals surface area contributed by atoms with Crippen molar-refractivity contribution in [3.63, 3.8) is 0 Å². The van der Waals surface area contributed by atoms with E-state index in [-0.39, 0.29) is 0 Å². The van der Waals surface area contributed by atoms with Gasteiger partial charge in [-0.3, -0.25) is 4.40 Å². The van der Waals surface area contributed by atoms with Crippen LogP contribution in [0.5, 0.6) is 0 Å². The van der Waals surface area contributed by atoms with E-state index in [1.54, 1.807) is 0 Å². The molecule has 1 N–H and O–H groups in total. The Labute approximate surface area is 124 Å². The number of fused-ring (bicyclic) bond motifs is 1. The van der Waals surface area contributed by atoms with Crippen molar-refractivity contribution in [2.24, 2.45) is 0 Å². The molecule has 0 saturated carbocycles. The number of rotatable bonds is 7. The van der Waals surface area contributed by atoms with Crippen LogP contribution in [0.3, 0.4) is 0 Å². The zero-order chi connectivity index (χ0) is 14.5. The summed E-state index contributed by atoms with van der Waals surface area (Å²) in [5.41, 5.74) is 2.23. The van der Waals surface area contributed by atoms with Crippen LogP contribution in [0.4, 0.5) is 0 Å². The van der Waals surface area contributed by atoms with Crippen molar-refractivity contribution in [2.75, 3.05) is 6.54 Å². The molecule has 3 rings (SSSR count). The van der Waals surface area contributed by atoms with Gasteiger partial charge in [0.15, 0.2) is 5.65 Å². The first-order valence-corrected chi connectivity index (χ1v) is 7.51. The smallest absolute Gasteiger partial charge is 0.160 e. The van der Waals surface area contributed by atoms with Gasteiger partial charge in [-0.15, -0.1) is 10.2 Å². The van der Waals surface area contributed by atoms with Crippen LogP contribution in [0.25, 0.3) is 5.65 Å². The van der Waals surface area contributed by atoms with Gasteiger partial charge in [0.25, 0.3) is 0 Å². The van der Waals surface area contributed by atoms with E-state index in [9.17, 15) is 0 Å². The summed E-state index contributed by atoms with van der Waals surface area (Å²) in [5, 5.41) is 11.9. The molecule has 0 unspecified atom stereocenters. The van der Waals surface area contributed by atoms with E-state index in [2.05, 4.69) is 45.5 Å². The topological polar surface area (TPSA) is 47.2 Å². The molecule has 110 valence electrons. The molecule has 0 spiro atoms. The van der Waals surface area contributed by atoms with Crippen LogP contribution >= 0.6 is 0 Å². The quantitative estimate of drug-likeness (QED) is 0.677. The third-order valence-corrected chi connectivity index (χ3v) is 3.53. The molecular weight excluding hydrogens is 262 g/mol. The second-order valence-corrected chi connectivity index (χ2v) is 5.23. The van der Waals surface area contributed by atoms with Gasteiger partial charge in [0.2, 0.25) is 0 Å². The summed E-state index contributed by atoms with van der Waals surface area (Å²) in [4.78, 5) is 0. The van der Waals surface area contributed by atoms with E-state index in [1.165, 1.54) is 12.0 Å². The molecule has 0 aliphatic rings. The van der Waals surface area contributed by atoms with E-state index in [0.29, 0.717) is 0 Å². The molecule has 5 heteroatoms. The van der Waals surface area contributed by atoms with Gasteiger partial charge in [-0.05, 0) is 30.2 Å². The van der Waals surface area contributed by atoms with Crippen LogP contribution in [0.2, 0.25) is 0 Å². The Bertz CT molecular complexity index is 697. The summed E-state index contributed by atoms with van der Waals surface area (Å²) < 4.78 is 4.28. The molecule has 3 aromatic heterocycles. The number of hydrogen-bond donors (Lipinski definition) is 1. The Morgan fingerprint density at radius 3 is 3.00 bits per heavy atom. The second kappa shape index (κ2) is 6.54. The monoisotopic (exact) mass is 283 g/mol. The molecule has 0 aliphatic carbocycles. The molecule has 3 aromatic rings. The van der Waals surface area contributed by atoms with E-state index < -0.39 is 0 Å². The number of aryl methyl sites for hydroxylation is 1. The summed E-state index contributed by atoms with van der Waals surface area (Å²) in [6, 6.07) is 8.13. The highest BCUT2D eigenvalue weighted by molar-refractivity contribution is 5.36. The number of pyridine rings is 1. The van der Waals surface area contributed by atoms with Crippen molar-refractivity contribution in [3.05, 3.63) is 54.2 Å². The fraction of sp³-hybridized carbons (Fsp3) is 0.375. The lowest BCUT2D eigenvalue weighted by atomic mass is 10.3. The highest BCUT2D eigenvalue weighted by atomic mass is 15.2. The summed E-state index contributed by atoms with van der Waals surface area (Å²) in [5.74, 6) is 1.00. The summed E-state index contributed by atoms with van der Waals surface area (Å²) in [7, 11) is 0. The first kappa shape index (κ1) is 13.8. The predicted octanol–water partition coefficient (Wildman–Crippen LogP) is 2.27. The molecule has 0 aromatic carbocycles. The van der Waals surface area contributed by atoms with Gasteiger partial charge in [-0.2, -0.15) is 0 Å². The number of hydrogen-bond acceptors (Lipinski definition) is 3. The number of nitrogens with zero attached hydrogens (tertiary/aromatic N) is 4. The maximum absolute atomic E-state index is 4.24. The Balaban J connectivity index is 1.49. The molecule has 0 fully saturated rings. The highest BCUT2D eigenvalue weighted by Crippen LogP contribution is 2.04. The summed E-state index contributed by atoms with van der Waals surface area (Å²) in [6.07, 6.45) is 8.41. The van der Waals surface area contributed by atoms with E-state index in [0.717, 1.165) is 37.5 Å². The molecular formula is C16H21N5. The molecule has 0 aliphatic heterocycles. The lowest BCUT2D eigenvalue weighted by Crippen LogP contribution is -2.17. The van der Waals surface area contributed by atoms with E-state index in [4.69, 9.17) is 0 Å². The van der Waals surface area contributed by atoms with Crippen LogP contribution in [-0.2, 0) is 19.5 Å². The second-order valence-electron chi connectivity index (χ2n) is 5.23. The normalized spacial score (nSPS) is 11.3. The van der Waals surface area contributed by atoms with Gasteiger partial charge >= 0.3 is 0 Å². The van der Waals surface area contributed by atoms with Crippen molar-refractivity contribution in [1.29, 1.82) is 0 Å². The molecule has 3 heterocycles. The minimum Gasteiger partial charge on any atom is -0.354 e. The molecule has 0 radical (unpaired) electrons. The lowest BCUT2D eigenvalue weighted by Gasteiger charge is -2.03. The van der Waals surface area contributed by atoms with Crippen LogP contribution < -0.4 is 5.32 Å². The molecule has 5 nitrogen and oxygen atoms in total. The average molecular weight is 283 g/mol. The maximum Gasteiger partial charge on any atom is 0.160 e. The van der Waals surface area contributed by atoms with Crippen molar-refractivity contribution >= 4 is 5.65 Å². The largest absolute Gasteiger partial charge is 0.354 e. The summed E-state index contributed by atoms with van der Waals surface area (Å²) >= 11 is 0. The molecule has 0 bridgehead atoms. The Kier molecular flexibility index (Phi) is 4.31. The van der Waals surface area contributed by atoms with Crippen molar-refractivity contribution < 1.29 is 0 Å². The standard InChI is InChI=1S/C16H21N5/c1-2-9-20-11-7-14(13-20)12-17-8-6-16-19-18-15-5-3-4-10-21(15)16/h3-5,7,10-11,13,17H,2,6,8-9,12H2,1H3. The third kappa shape index (κ3) is 3.31. The summed E-state index contributed by atoms with van der Waals surface area (Å²) in [6.45, 7) is 5.08. The average Bonchev–Trinajstić information content (AvgIpc) is 3.11. The fourth-order valence-corrected chi connectivity index (χ4v) is 2.49. The zero-order valence-corrected chi connectivity index (χ0v) is 12.4. The van der Waals surface area contributed by atoms with Crippen LogP contribution in [0.15, 0.2) is 42.9 Å². The van der Waals surface area contributed by atoms with E-state index in [1.807, 2.05) is 28.8 Å². The Hall–Kier alpha value is -2.14. The van der Waals surface area contributed by atoms with E-state index >= 15 is 0 Å².